The van der Waals surface area contributed by atoms with Crippen molar-refractivity contribution >= 4 is 0 Å². The number of hydrogen-bond acceptors (Lipinski definition) is 2. The van der Waals surface area contributed by atoms with Crippen molar-refractivity contribution in [2.45, 2.75) is 69.9 Å². The Hall–Kier alpha value is -0.830. The van der Waals surface area contributed by atoms with E-state index in [-0.39, 0.29) is 0 Å². The largest absolute Gasteiger partial charge is 0.327 e. The van der Waals surface area contributed by atoms with Crippen molar-refractivity contribution in [2.24, 2.45) is 11.7 Å². The Balaban J connectivity index is 1.62. The molecule has 0 aromatic carbocycles. The molecular formula is C15H25N3. The molecule has 0 bridgehead atoms. The Morgan fingerprint density at radius 3 is 2.61 bits per heavy atom. The average Bonchev–Trinajstić information content (AvgIpc) is 3.02. The fourth-order valence-electron chi connectivity index (χ4n) is 3.62. The first-order valence-corrected chi connectivity index (χ1v) is 7.62. The van der Waals surface area contributed by atoms with Gasteiger partial charge in [0.15, 0.2) is 0 Å². The zero-order valence-electron chi connectivity index (χ0n) is 11.2. The smallest absolute Gasteiger partial charge is 0.0628 e. The minimum absolute atomic E-state index is 0.399. The van der Waals surface area contributed by atoms with Gasteiger partial charge in [0.25, 0.3) is 0 Å². The molecule has 2 aliphatic rings. The minimum atomic E-state index is 0.399. The van der Waals surface area contributed by atoms with Gasteiger partial charge in [0.05, 0.1) is 11.7 Å². The number of aromatic nitrogens is 2. The van der Waals surface area contributed by atoms with E-state index in [9.17, 15) is 0 Å². The Morgan fingerprint density at radius 1 is 1.11 bits per heavy atom. The van der Waals surface area contributed by atoms with E-state index in [1.807, 2.05) is 0 Å². The van der Waals surface area contributed by atoms with Gasteiger partial charge < -0.3 is 5.73 Å². The van der Waals surface area contributed by atoms with Crippen LogP contribution in [0.5, 0.6) is 0 Å². The van der Waals surface area contributed by atoms with Gasteiger partial charge in [-0.05, 0) is 44.1 Å². The van der Waals surface area contributed by atoms with Crippen molar-refractivity contribution in [1.29, 1.82) is 0 Å². The van der Waals surface area contributed by atoms with E-state index in [1.165, 1.54) is 57.1 Å². The summed E-state index contributed by atoms with van der Waals surface area (Å²) in [6.45, 7) is 0. The van der Waals surface area contributed by atoms with Crippen molar-refractivity contribution in [3.05, 3.63) is 18.0 Å². The highest BCUT2D eigenvalue weighted by molar-refractivity contribution is 5.03. The molecule has 2 unspecified atom stereocenters. The predicted molar refractivity (Wildman–Crippen MR) is 73.4 cm³/mol. The molecule has 2 atom stereocenters. The molecule has 3 rings (SSSR count). The molecule has 1 heterocycles. The maximum Gasteiger partial charge on any atom is 0.0628 e. The summed E-state index contributed by atoms with van der Waals surface area (Å²) in [6.07, 6.45) is 13.8. The van der Waals surface area contributed by atoms with Gasteiger partial charge in [0.2, 0.25) is 0 Å². The summed E-state index contributed by atoms with van der Waals surface area (Å²) >= 11 is 0. The van der Waals surface area contributed by atoms with Gasteiger partial charge in [0.1, 0.15) is 0 Å². The average molecular weight is 247 g/mol. The van der Waals surface area contributed by atoms with Crippen LogP contribution < -0.4 is 5.73 Å². The molecule has 2 aliphatic carbocycles. The highest BCUT2D eigenvalue weighted by Crippen LogP contribution is 2.30. The summed E-state index contributed by atoms with van der Waals surface area (Å²) in [4.78, 5) is 0. The van der Waals surface area contributed by atoms with Crippen LogP contribution in [0.1, 0.15) is 63.1 Å². The lowest BCUT2D eigenvalue weighted by Crippen LogP contribution is -2.34. The molecule has 3 nitrogen and oxygen atoms in total. The molecule has 0 spiro atoms. The molecule has 0 aliphatic heterocycles. The quantitative estimate of drug-likeness (QED) is 0.892. The third-order valence-electron chi connectivity index (χ3n) is 4.80. The van der Waals surface area contributed by atoms with Gasteiger partial charge in [-0.3, -0.25) is 4.68 Å². The van der Waals surface area contributed by atoms with Gasteiger partial charge in [-0.15, -0.1) is 0 Å². The SMILES string of the molecule is NC1CCCCC1Cc1ccn(C2CCCC2)n1. The maximum atomic E-state index is 6.22. The van der Waals surface area contributed by atoms with Crippen LogP contribution in [0.3, 0.4) is 0 Å². The molecule has 18 heavy (non-hydrogen) atoms. The van der Waals surface area contributed by atoms with E-state index in [0.717, 1.165) is 6.42 Å². The van der Waals surface area contributed by atoms with Crippen LogP contribution in [0.15, 0.2) is 12.3 Å². The topological polar surface area (TPSA) is 43.8 Å². The van der Waals surface area contributed by atoms with Crippen molar-refractivity contribution in [2.75, 3.05) is 0 Å². The van der Waals surface area contributed by atoms with Crippen LogP contribution in [0.4, 0.5) is 0 Å². The van der Waals surface area contributed by atoms with Gasteiger partial charge in [-0.2, -0.15) is 5.10 Å². The molecule has 3 heteroatoms. The second-order valence-corrected chi connectivity index (χ2v) is 6.14. The molecular weight excluding hydrogens is 222 g/mol. The number of rotatable bonds is 3. The van der Waals surface area contributed by atoms with Crippen LogP contribution >= 0.6 is 0 Å². The fraction of sp³-hybridized carbons (Fsp3) is 0.800. The Kier molecular flexibility index (Phi) is 3.69. The summed E-state index contributed by atoms with van der Waals surface area (Å²) < 4.78 is 2.21. The van der Waals surface area contributed by atoms with Crippen molar-refractivity contribution in [3.8, 4) is 0 Å². The van der Waals surface area contributed by atoms with Crippen LogP contribution in [0, 0.1) is 5.92 Å². The van der Waals surface area contributed by atoms with E-state index >= 15 is 0 Å². The second kappa shape index (κ2) is 5.43. The molecule has 0 saturated heterocycles. The number of nitrogens with zero attached hydrogens (tertiary/aromatic N) is 2. The molecule has 100 valence electrons. The number of hydrogen-bond donors (Lipinski definition) is 1. The van der Waals surface area contributed by atoms with E-state index in [2.05, 4.69) is 16.9 Å². The van der Waals surface area contributed by atoms with Crippen LogP contribution in [-0.4, -0.2) is 15.8 Å². The lowest BCUT2D eigenvalue weighted by Gasteiger charge is -2.27. The van der Waals surface area contributed by atoms with Gasteiger partial charge >= 0.3 is 0 Å². The molecule has 1 aromatic rings. The van der Waals surface area contributed by atoms with Crippen molar-refractivity contribution in [3.63, 3.8) is 0 Å². The summed E-state index contributed by atoms with van der Waals surface area (Å²) in [5, 5.41) is 4.78. The first kappa shape index (κ1) is 12.2. The van der Waals surface area contributed by atoms with Crippen LogP contribution in [0.25, 0.3) is 0 Å². The highest BCUT2D eigenvalue weighted by Gasteiger charge is 2.23. The van der Waals surface area contributed by atoms with Gasteiger partial charge in [-0.1, -0.05) is 25.7 Å². The molecule has 2 saturated carbocycles. The first-order chi connectivity index (χ1) is 8.83. The monoisotopic (exact) mass is 247 g/mol. The fourth-order valence-corrected chi connectivity index (χ4v) is 3.62. The summed E-state index contributed by atoms with van der Waals surface area (Å²) in [6, 6.07) is 3.27. The highest BCUT2D eigenvalue weighted by atomic mass is 15.3. The van der Waals surface area contributed by atoms with E-state index in [4.69, 9.17) is 10.8 Å². The summed E-state index contributed by atoms with van der Waals surface area (Å²) in [5.41, 5.74) is 7.48. The van der Waals surface area contributed by atoms with Crippen molar-refractivity contribution in [1.82, 2.24) is 9.78 Å². The van der Waals surface area contributed by atoms with Crippen LogP contribution in [-0.2, 0) is 6.42 Å². The Labute approximate surface area is 110 Å². The van der Waals surface area contributed by atoms with Crippen LogP contribution in [0.2, 0.25) is 0 Å². The van der Waals surface area contributed by atoms with Gasteiger partial charge in [-0.25, -0.2) is 0 Å². The minimum Gasteiger partial charge on any atom is -0.327 e. The molecule has 1 aromatic heterocycles. The predicted octanol–water partition coefficient (Wildman–Crippen LogP) is 3.06. The van der Waals surface area contributed by atoms with E-state index in [1.54, 1.807) is 0 Å². The summed E-state index contributed by atoms with van der Waals surface area (Å²) in [7, 11) is 0. The zero-order chi connectivity index (χ0) is 12.4. The maximum absolute atomic E-state index is 6.22. The normalized spacial score (nSPS) is 29.8. The zero-order valence-corrected chi connectivity index (χ0v) is 11.2. The second-order valence-electron chi connectivity index (χ2n) is 6.14. The lowest BCUT2D eigenvalue weighted by molar-refractivity contribution is 0.303. The summed E-state index contributed by atoms with van der Waals surface area (Å²) in [5.74, 6) is 0.658. The molecule has 2 fully saturated rings. The van der Waals surface area contributed by atoms with Crippen molar-refractivity contribution < 1.29 is 0 Å². The third kappa shape index (κ3) is 2.61. The van der Waals surface area contributed by atoms with E-state index < -0.39 is 0 Å². The standard InChI is InChI=1S/C15H25N3/c16-15-8-4-1-5-12(15)11-13-9-10-18(17-13)14-6-2-3-7-14/h9-10,12,14-15H,1-8,11,16H2. The lowest BCUT2D eigenvalue weighted by atomic mass is 9.82. The van der Waals surface area contributed by atoms with Gasteiger partial charge in [0, 0.05) is 12.2 Å². The molecule has 0 amide bonds. The molecule has 2 N–H and O–H groups in total. The third-order valence-corrected chi connectivity index (χ3v) is 4.80. The Morgan fingerprint density at radius 2 is 1.83 bits per heavy atom. The molecule has 0 radical (unpaired) electrons. The first-order valence-electron chi connectivity index (χ1n) is 7.62. The van der Waals surface area contributed by atoms with E-state index in [0.29, 0.717) is 18.0 Å². The Bertz CT molecular complexity index is 379. The number of nitrogens with two attached hydrogens (primary N) is 1.